The molecule has 3 fully saturated rings. The summed E-state index contributed by atoms with van der Waals surface area (Å²) in [5.41, 5.74) is 4.58. The number of benzene rings is 2. The number of likely N-dealkylation sites (tertiary alicyclic amines) is 2. The molecule has 1 aromatic heterocycles. The lowest BCUT2D eigenvalue weighted by atomic mass is 9.77. The number of hydrogen-bond acceptors (Lipinski definition) is 9. The monoisotopic (exact) mass is 756 g/mol. The molecule has 3 aromatic rings. The van der Waals surface area contributed by atoms with Crippen LogP contribution in [0, 0.1) is 18.8 Å². The number of piperidine rings is 3. The summed E-state index contributed by atoms with van der Waals surface area (Å²) >= 11 is 0. The summed E-state index contributed by atoms with van der Waals surface area (Å²) in [6, 6.07) is 11.2. The third-order valence-electron chi connectivity index (χ3n) is 12.1. The quantitative estimate of drug-likeness (QED) is 0.307. The summed E-state index contributed by atoms with van der Waals surface area (Å²) in [4.78, 5) is 75.9. The van der Waals surface area contributed by atoms with E-state index in [1.807, 2.05) is 65.0 Å². The second-order valence-corrected chi connectivity index (χ2v) is 15.4. The number of fused-ring (bicyclic) bond motifs is 2. The molecule has 0 aliphatic carbocycles. The molecule has 3 atom stereocenters. The van der Waals surface area contributed by atoms with Crippen LogP contribution in [0.4, 0.5) is 15.3 Å². The summed E-state index contributed by atoms with van der Waals surface area (Å²) in [5, 5.41) is 4.92. The summed E-state index contributed by atoms with van der Waals surface area (Å²) in [5.74, 6) is 2.02. The summed E-state index contributed by atoms with van der Waals surface area (Å²) in [7, 11) is 1.65. The molecular formula is C41H52N6O8. The zero-order chi connectivity index (χ0) is 38.6. The van der Waals surface area contributed by atoms with Gasteiger partial charge in [-0.25, -0.2) is 19.2 Å². The molecule has 4 aliphatic rings. The van der Waals surface area contributed by atoms with Gasteiger partial charge in [0.15, 0.2) is 11.7 Å². The van der Waals surface area contributed by atoms with Crippen LogP contribution in [0.15, 0.2) is 51.7 Å². The fraction of sp³-hybridized carbons (Fsp3) is 0.561. The maximum Gasteiger partial charge on any atom is 0.419 e. The number of carbonyl (C=O) groups is 3. The number of carbonyl (C=O) groups excluding carboxylic acids is 4. The number of amides is 4. The van der Waals surface area contributed by atoms with Gasteiger partial charge in [-0.2, -0.15) is 5.06 Å². The van der Waals surface area contributed by atoms with Crippen molar-refractivity contribution >= 4 is 40.8 Å². The molecule has 14 nitrogen and oxygen atoms in total. The van der Waals surface area contributed by atoms with Gasteiger partial charge in [0.2, 0.25) is 0 Å². The molecule has 5 heterocycles. The van der Waals surface area contributed by atoms with Crippen LogP contribution in [-0.4, -0.2) is 112 Å². The summed E-state index contributed by atoms with van der Waals surface area (Å²) in [6.07, 6.45) is 5.36. The van der Waals surface area contributed by atoms with Gasteiger partial charge in [0.05, 0.1) is 18.2 Å². The van der Waals surface area contributed by atoms with Crippen LogP contribution in [0.5, 0.6) is 0 Å². The third kappa shape index (κ3) is 8.36. The second kappa shape index (κ2) is 16.8. The van der Waals surface area contributed by atoms with E-state index in [1.54, 1.807) is 24.1 Å². The number of aromatic nitrogens is 1. The Morgan fingerprint density at radius 1 is 0.982 bits per heavy atom. The Balaban J connectivity index is 1.01. The lowest BCUT2D eigenvalue weighted by molar-refractivity contribution is -0.192. The van der Waals surface area contributed by atoms with Crippen molar-refractivity contribution in [2.45, 2.75) is 83.4 Å². The second-order valence-electron chi connectivity index (χ2n) is 15.4. The Kier molecular flexibility index (Phi) is 11.8. The Hall–Kier alpha value is -4.91. The van der Waals surface area contributed by atoms with Crippen molar-refractivity contribution in [3.63, 3.8) is 0 Å². The zero-order valence-corrected chi connectivity index (χ0v) is 32.0. The van der Waals surface area contributed by atoms with Gasteiger partial charge < -0.3 is 29.2 Å². The number of oxazole rings is 1. The standard InChI is InChI=1S/C41H52N6O8/c1-4-53-47-21-12-31(26-33(47)15-22-48)29-9-16-44(17-10-29)38(49)36(25-28-23-27(2)37-35(24-28)54-40(51)43(37)3)55-41(52)45-18-13-32(14-19-45)46-20-11-30-7-5-6-8-34(30)42-39(46)50/h5-8,15,23-24,29,31-33,36H,4,9-14,16-21,25-26H2,1-3H3,(H,42,50)/t31?,33?,36-/m1/s1. The van der Waals surface area contributed by atoms with Crippen LogP contribution >= 0.6 is 0 Å². The molecule has 1 N–H and O–H groups in total. The van der Waals surface area contributed by atoms with Crippen LogP contribution in [0.25, 0.3) is 11.1 Å². The molecule has 0 spiro atoms. The highest BCUT2D eigenvalue weighted by Gasteiger charge is 2.38. The molecule has 7 rings (SSSR count). The number of nitrogens with zero attached hydrogens (tertiary/aromatic N) is 5. The first-order valence-corrected chi connectivity index (χ1v) is 19.7. The smallest absolute Gasteiger partial charge is 0.419 e. The van der Waals surface area contributed by atoms with Crippen LogP contribution in [-0.2, 0) is 39.1 Å². The van der Waals surface area contributed by atoms with E-state index < -0.39 is 18.0 Å². The number of anilines is 1. The van der Waals surface area contributed by atoms with Crippen molar-refractivity contribution < 1.29 is 33.2 Å². The van der Waals surface area contributed by atoms with Crippen molar-refractivity contribution in [1.82, 2.24) is 24.3 Å². The number of urea groups is 1. The van der Waals surface area contributed by atoms with E-state index >= 15 is 0 Å². The number of nitrogens with one attached hydrogen (secondary N) is 1. The van der Waals surface area contributed by atoms with E-state index in [2.05, 4.69) is 5.32 Å². The van der Waals surface area contributed by atoms with E-state index in [0.717, 1.165) is 61.0 Å². The predicted molar refractivity (Wildman–Crippen MR) is 205 cm³/mol. The maximum atomic E-state index is 14.3. The third-order valence-corrected chi connectivity index (χ3v) is 12.1. The van der Waals surface area contributed by atoms with E-state index in [4.69, 9.17) is 14.0 Å². The number of hydrogen-bond donors (Lipinski definition) is 1. The number of ether oxygens (including phenoxy) is 1. The molecule has 0 bridgehead atoms. The summed E-state index contributed by atoms with van der Waals surface area (Å²) < 4.78 is 13.1. The van der Waals surface area contributed by atoms with Crippen LogP contribution in [0.2, 0.25) is 0 Å². The van der Waals surface area contributed by atoms with Gasteiger partial charge in [0.1, 0.15) is 5.94 Å². The molecule has 2 aromatic carbocycles. The number of para-hydroxylation sites is 1. The lowest BCUT2D eigenvalue weighted by Crippen LogP contribution is -2.52. The largest absolute Gasteiger partial charge is 0.436 e. The fourth-order valence-corrected chi connectivity index (χ4v) is 9.17. The first-order chi connectivity index (χ1) is 26.6. The molecular weight excluding hydrogens is 704 g/mol. The maximum absolute atomic E-state index is 14.3. The first kappa shape index (κ1) is 38.4. The number of aryl methyl sites for hydroxylation is 2. The first-order valence-electron chi connectivity index (χ1n) is 19.7. The molecule has 0 radical (unpaired) electrons. The van der Waals surface area contributed by atoms with Gasteiger partial charge >= 0.3 is 17.9 Å². The van der Waals surface area contributed by atoms with Gasteiger partial charge in [-0.3, -0.25) is 14.2 Å². The van der Waals surface area contributed by atoms with Gasteiger partial charge in [-0.1, -0.05) is 24.3 Å². The molecule has 14 heteroatoms. The highest BCUT2D eigenvalue weighted by molar-refractivity contribution is 5.91. The van der Waals surface area contributed by atoms with Gasteiger partial charge in [0.25, 0.3) is 5.91 Å². The lowest BCUT2D eigenvalue weighted by Gasteiger charge is -2.42. The molecule has 4 amide bonds. The van der Waals surface area contributed by atoms with Gasteiger partial charge in [-0.15, -0.1) is 0 Å². The van der Waals surface area contributed by atoms with Crippen molar-refractivity contribution in [3.8, 4) is 0 Å². The topological polar surface area (TPSA) is 147 Å². The molecule has 55 heavy (non-hydrogen) atoms. The van der Waals surface area contributed by atoms with Gasteiger partial charge in [-0.05, 0) is 99.5 Å². The molecule has 4 aliphatic heterocycles. The van der Waals surface area contributed by atoms with E-state index in [0.29, 0.717) is 75.1 Å². The molecule has 294 valence electrons. The van der Waals surface area contributed by atoms with E-state index in [1.165, 1.54) is 4.57 Å². The van der Waals surface area contributed by atoms with Crippen LogP contribution < -0.4 is 11.1 Å². The zero-order valence-electron chi connectivity index (χ0n) is 32.0. The number of hydroxylamine groups is 2. The van der Waals surface area contributed by atoms with E-state index in [9.17, 15) is 24.0 Å². The van der Waals surface area contributed by atoms with Crippen molar-refractivity contribution in [2.24, 2.45) is 18.9 Å². The van der Waals surface area contributed by atoms with Gasteiger partial charge in [0, 0.05) is 70.5 Å². The highest BCUT2D eigenvalue weighted by Crippen LogP contribution is 2.36. The molecule has 3 saturated heterocycles. The average Bonchev–Trinajstić information content (AvgIpc) is 3.36. The van der Waals surface area contributed by atoms with Crippen molar-refractivity contribution in [1.29, 1.82) is 0 Å². The highest BCUT2D eigenvalue weighted by atomic mass is 16.7. The van der Waals surface area contributed by atoms with Crippen molar-refractivity contribution in [2.75, 3.05) is 51.2 Å². The minimum Gasteiger partial charge on any atom is -0.436 e. The van der Waals surface area contributed by atoms with Crippen LogP contribution in [0.3, 0.4) is 0 Å². The summed E-state index contributed by atoms with van der Waals surface area (Å²) in [6.45, 7) is 7.56. The van der Waals surface area contributed by atoms with Crippen molar-refractivity contribution in [3.05, 3.63) is 69.7 Å². The molecule has 0 saturated carbocycles. The number of rotatable bonds is 9. The van der Waals surface area contributed by atoms with Crippen LogP contribution in [0.1, 0.15) is 62.1 Å². The van der Waals surface area contributed by atoms with E-state index in [-0.39, 0.29) is 30.4 Å². The predicted octanol–water partition coefficient (Wildman–Crippen LogP) is 4.70. The fourth-order valence-electron chi connectivity index (χ4n) is 9.17. The molecule has 2 unspecified atom stereocenters. The Bertz CT molecular complexity index is 1990. The Labute approximate surface area is 320 Å². The SMILES string of the molecule is CCON1CCC(C2CCN(C(=O)[C@@H](Cc3cc(C)c4c(c3)oc(=O)n4C)OC(=O)N3CCC(N4CCc5ccccc5NC4=O)CC3)CC2)CC1C=C=O. The minimum atomic E-state index is -1.08. The Morgan fingerprint density at radius 3 is 2.45 bits per heavy atom. The minimum absolute atomic E-state index is 0.0246. The average molecular weight is 757 g/mol. The normalized spacial score (nSPS) is 22.1. The Morgan fingerprint density at radius 2 is 1.71 bits per heavy atom.